The number of hydrogen-bond donors (Lipinski definition) is 0. The minimum atomic E-state index is -4.53. The SMILES string of the molecule is CC1CN=C(c2cc(Oc3ccc(C(F)(F)F)cc3Cl)ccc2[N+](=O)[O-])O1. The van der Waals surface area contributed by atoms with Crippen molar-refractivity contribution in [2.24, 2.45) is 4.99 Å². The van der Waals surface area contributed by atoms with E-state index < -0.39 is 16.7 Å². The number of hydrogen-bond acceptors (Lipinski definition) is 5. The van der Waals surface area contributed by atoms with Crippen LogP contribution in [0.4, 0.5) is 18.9 Å². The van der Waals surface area contributed by atoms with Crippen LogP contribution in [0.1, 0.15) is 18.1 Å². The van der Waals surface area contributed by atoms with Gasteiger partial charge in [0, 0.05) is 12.1 Å². The molecule has 2 aromatic carbocycles. The summed E-state index contributed by atoms with van der Waals surface area (Å²) in [6.07, 6.45) is -4.74. The van der Waals surface area contributed by atoms with Gasteiger partial charge in [0.2, 0.25) is 5.90 Å². The lowest BCUT2D eigenvalue weighted by molar-refractivity contribution is -0.385. The number of nitro benzene ring substituents is 1. The van der Waals surface area contributed by atoms with Gasteiger partial charge in [0.05, 0.1) is 22.1 Å². The van der Waals surface area contributed by atoms with E-state index in [4.69, 9.17) is 21.1 Å². The molecule has 1 unspecified atom stereocenters. The largest absolute Gasteiger partial charge is 0.472 e. The van der Waals surface area contributed by atoms with Crippen molar-refractivity contribution in [1.82, 2.24) is 0 Å². The van der Waals surface area contributed by atoms with Crippen LogP contribution in [-0.2, 0) is 10.9 Å². The van der Waals surface area contributed by atoms with E-state index in [1.807, 2.05) is 0 Å². The molecule has 0 saturated carbocycles. The molecule has 1 atom stereocenters. The first kappa shape index (κ1) is 19.0. The van der Waals surface area contributed by atoms with Crippen molar-refractivity contribution in [3.05, 3.63) is 62.7 Å². The van der Waals surface area contributed by atoms with Crippen LogP contribution in [0, 0.1) is 10.1 Å². The Morgan fingerprint density at radius 1 is 1.30 bits per heavy atom. The normalized spacial score (nSPS) is 16.6. The van der Waals surface area contributed by atoms with Crippen molar-refractivity contribution in [3.63, 3.8) is 0 Å². The van der Waals surface area contributed by atoms with Crippen molar-refractivity contribution >= 4 is 23.2 Å². The fourth-order valence-electron chi connectivity index (χ4n) is 2.42. The first-order valence-electron chi connectivity index (χ1n) is 7.69. The minimum absolute atomic E-state index is 0.0212. The fraction of sp³-hybridized carbons (Fsp3) is 0.235. The molecule has 0 aliphatic carbocycles. The highest BCUT2D eigenvalue weighted by Gasteiger charge is 2.31. The summed E-state index contributed by atoms with van der Waals surface area (Å²) in [6, 6.07) is 6.52. The first-order chi connectivity index (χ1) is 12.6. The summed E-state index contributed by atoms with van der Waals surface area (Å²) in [7, 11) is 0. The van der Waals surface area contributed by atoms with Crippen LogP contribution >= 0.6 is 11.6 Å². The molecule has 0 fully saturated rings. The van der Waals surface area contributed by atoms with E-state index in [2.05, 4.69) is 4.99 Å². The molecule has 0 amide bonds. The topological polar surface area (TPSA) is 74.0 Å². The zero-order valence-corrected chi connectivity index (χ0v) is 14.5. The van der Waals surface area contributed by atoms with Gasteiger partial charge in [0.25, 0.3) is 5.69 Å². The third-order valence-electron chi connectivity index (χ3n) is 3.69. The first-order valence-corrected chi connectivity index (χ1v) is 8.07. The number of rotatable bonds is 4. The lowest BCUT2D eigenvalue weighted by atomic mass is 10.1. The molecule has 0 bridgehead atoms. The van der Waals surface area contributed by atoms with Gasteiger partial charge in [-0.15, -0.1) is 0 Å². The van der Waals surface area contributed by atoms with Crippen molar-refractivity contribution < 1.29 is 27.6 Å². The summed E-state index contributed by atoms with van der Waals surface area (Å²) in [6.45, 7) is 2.13. The zero-order valence-electron chi connectivity index (χ0n) is 13.8. The number of benzene rings is 2. The van der Waals surface area contributed by atoms with Crippen LogP contribution in [0.3, 0.4) is 0 Å². The number of aliphatic imine (C=N–C) groups is 1. The van der Waals surface area contributed by atoms with Crippen LogP contribution in [0.2, 0.25) is 5.02 Å². The molecule has 0 saturated heterocycles. The van der Waals surface area contributed by atoms with E-state index >= 15 is 0 Å². The Labute approximate surface area is 156 Å². The van der Waals surface area contributed by atoms with Gasteiger partial charge in [0.15, 0.2) is 0 Å². The van der Waals surface area contributed by atoms with E-state index in [9.17, 15) is 23.3 Å². The standard InChI is InChI=1S/C17H12ClF3N2O4/c1-9-8-22-16(26-9)12-7-11(3-4-14(12)23(24)25)27-15-5-2-10(6-13(15)18)17(19,20)21/h2-7,9H,8H2,1H3. The summed E-state index contributed by atoms with van der Waals surface area (Å²) >= 11 is 5.87. The van der Waals surface area contributed by atoms with Crippen molar-refractivity contribution in [2.75, 3.05) is 6.54 Å². The summed E-state index contributed by atoms with van der Waals surface area (Å²) in [5, 5.41) is 11.0. The molecule has 3 rings (SSSR count). The molecule has 142 valence electrons. The summed E-state index contributed by atoms with van der Waals surface area (Å²) in [4.78, 5) is 14.8. The molecule has 0 N–H and O–H groups in total. The van der Waals surface area contributed by atoms with E-state index in [1.165, 1.54) is 18.2 Å². The maximum absolute atomic E-state index is 12.7. The molecule has 0 radical (unpaired) electrons. The quantitative estimate of drug-likeness (QED) is 0.520. The molecule has 1 heterocycles. The molecule has 0 spiro atoms. The highest BCUT2D eigenvalue weighted by Crippen LogP contribution is 2.37. The Morgan fingerprint density at radius 3 is 2.59 bits per heavy atom. The van der Waals surface area contributed by atoms with Gasteiger partial charge in [-0.1, -0.05) is 11.6 Å². The molecule has 1 aliphatic heterocycles. The molecule has 27 heavy (non-hydrogen) atoms. The van der Waals surface area contributed by atoms with Crippen molar-refractivity contribution in [1.29, 1.82) is 0 Å². The van der Waals surface area contributed by atoms with Crippen LogP contribution in [0.5, 0.6) is 11.5 Å². The average Bonchev–Trinajstić information content (AvgIpc) is 3.02. The number of ether oxygens (including phenoxy) is 2. The molecule has 0 aromatic heterocycles. The molecule has 2 aromatic rings. The van der Waals surface area contributed by atoms with Gasteiger partial charge in [-0.3, -0.25) is 10.1 Å². The number of nitrogens with zero attached hydrogens (tertiary/aromatic N) is 2. The van der Waals surface area contributed by atoms with Gasteiger partial charge in [-0.05, 0) is 31.2 Å². The Balaban J connectivity index is 1.93. The smallest absolute Gasteiger partial charge is 0.416 e. The minimum Gasteiger partial charge on any atom is -0.472 e. The van der Waals surface area contributed by atoms with Gasteiger partial charge in [0.1, 0.15) is 23.2 Å². The van der Waals surface area contributed by atoms with Gasteiger partial charge in [-0.25, -0.2) is 4.99 Å². The van der Waals surface area contributed by atoms with E-state index in [-0.39, 0.29) is 39.8 Å². The van der Waals surface area contributed by atoms with Crippen LogP contribution in [0.25, 0.3) is 0 Å². The number of alkyl halides is 3. The van der Waals surface area contributed by atoms with Gasteiger partial charge in [-0.2, -0.15) is 13.2 Å². The van der Waals surface area contributed by atoms with E-state index in [0.717, 1.165) is 18.2 Å². The van der Waals surface area contributed by atoms with E-state index in [0.29, 0.717) is 6.54 Å². The maximum atomic E-state index is 12.7. The van der Waals surface area contributed by atoms with E-state index in [1.54, 1.807) is 6.92 Å². The number of nitro groups is 1. The Bertz CT molecular complexity index is 931. The maximum Gasteiger partial charge on any atom is 0.416 e. The molecule has 1 aliphatic rings. The molecule has 10 heteroatoms. The lowest BCUT2D eigenvalue weighted by Gasteiger charge is -2.12. The Hall–Kier alpha value is -2.81. The fourth-order valence-corrected chi connectivity index (χ4v) is 2.64. The van der Waals surface area contributed by atoms with Crippen LogP contribution in [0.15, 0.2) is 41.4 Å². The molecule has 6 nitrogen and oxygen atoms in total. The van der Waals surface area contributed by atoms with Crippen LogP contribution in [-0.4, -0.2) is 23.5 Å². The third-order valence-corrected chi connectivity index (χ3v) is 3.98. The average molecular weight is 401 g/mol. The number of halogens is 4. The monoisotopic (exact) mass is 400 g/mol. The highest BCUT2D eigenvalue weighted by atomic mass is 35.5. The van der Waals surface area contributed by atoms with Gasteiger partial charge >= 0.3 is 6.18 Å². The van der Waals surface area contributed by atoms with Crippen LogP contribution < -0.4 is 4.74 Å². The molecular weight excluding hydrogens is 389 g/mol. The predicted octanol–water partition coefficient (Wildman–Crippen LogP) is 5.22. The highest BCUT2D eigenvalue weighted by molar-refractivity contribution is 6.32. The lowest BCUT2D eigenvalue weighted by Crippen LogP contribution is -2.10. The van der Waals surface area contributed by atoms with Crippen molar-refractivity contribution in [3.8, 4) is 11.5 Å². The Kier molecular flexibility index (Phi) is 4.97. The summed E-state index contributed by atoms with van der Waals surface area (Å²) in [5.74, 6) is 0.230. The third kappa shape index (κ3) is 4.13. The second-order valence-corrected chi connectivity index (χ2v) is 6.16. The molecular formula is C17H12ClF3N2O4. The summed E-state index contributed by atoms with van der Waals surface area (Å²) < 4.78 is 49.1. The van der Waals surface area contributed by atoms with Crippen molar-refractivity contribution in [2.45, 2.75) is 19.2 Å². The Morgan fingerprint density at radius 2 is 2.04 bits per heavy atom. The zero-order chi connectivity index (χ0) is 19.8. The van der Waals surface area contributed by atoms with Gasteiger partial charge < -0.3 is 9.47 Å². The summed E-state index contributed by atoms with van der Waals surface area (Å²) in [5.41, 5.74) is -1.02. The predicted molar refractivity (Wildman–Crippen MR) is 91.6 cm³/mol. The second-order valence-electron chi connectivity index (χ2n) is 5.76. The second kappa shape index (κ2) is 7.07.